The second-order valence-electron chi connectivity index (χ2n) is 4.76. The van der Waals surface area contributed by atoms with Gasteiger partial charge in [0.1, 0.15) is 5.75 Å². The van der Waals surface area contributed by atoms with E-state index in [9.17, 15) is 4.79 Å². The Morgan fingerprint density at radius 2 is 2.19 bits per heavy atom. The Hall–Kier alpha value is -2.05. The second kappa shape index (κ2) is 5.38. The zero-order valence-electron chi connectivity index (χ0n) is 12.0. The van der Waals surface area contributed by atoms with Gasteiger partial charge in [0.25, 0.3) is 0 Å². The zero-order chi connectivity index (χ0) is 15.0. The van der Waals surface area contributed by atoms with Gasteiger partial charge < -0.3 is 14.5 Å². The van der Waals surface area contributed by atoms with E-state index in [1.807, 2.05) is 36.7 Å². The lowest BCUT2D eigenvalue weighted by Gasteiger charge is -2.14. The van der Waals surface area contributed by atoms with Crippen LogP contribution in [0.15, 0.2) is 38.9 Å². The summed E-state index contributed by atoms with van der Waals surface area (Å²) < 4.78 is 12.0. The Morgan fingerprint density at radius 1 is 1.38 bits per heavy atom. The van der Waals surface area contributed by atoms with Gasteiger partial charge in [0.15, 0.2) is 5.58 Å². The molecule has 0 radical (unpaired) electrons. The van der Waals surface area contributed by atoms with Crippen molar-refractivity contribution in [1.29, 1.82) is 0 Å². The maximum Gasteiger partial charge on any atom is 0.419 e. The lowest BCUT2D eigenvalue weighted by atomic mass is 10.1. The Bertz CT molecular complexity index is 831. The maximum absolute atomic E-state index is 11.6. The first-order valence-corrected chi connectivity index (χ1v) is 7.41. The standard InChI is InChI=1S/C15H16N2O3S/c1-16-14(13-7-10(19-3)8-21-13)9-4-5-11-12(6-9)20-15(18)17(11)2/h4-8,14,16H,1-3H3. The van der Waals surface area contributed by atoms with E-state index >= 15 is 0 Å². The third-order valence-electron chi connectivity index (χ3n) is 3.55. The first kappa shape index (κ1) is 13.9. The van der Waals surface area contributed by atoms with Crippen LogP contribution in [0.1, 0.15) is 16.5 Å². The molecule has 21 heavy (non-hydrogen) atoms. The Kier molecular flexibility index (Phi) is 3.57. The van der Waals surface area contributed by atoms with Crippen LogP contribution in [0.2, 0.25) is 0 Å². The van der Waals surface area contributed by atoms with E-state index in [0.29, 0.717) is 5.58 Å². The van der Waals surface area contributed by atoms with E-state index in [2.05, 4.69) is 5.32 Å². The summed E-state index contributed by atoms with van der Waals surface area (Å²) in [4.78, 5) is 12.7. The molecule has 6 heteroatoms. The Balaban J connectivity index is 2.06. The van der Waals surface area contributed by atoms with Gasteiger partial charge in [-0.1, -0.05) is 6.07 Å². The largest absolute Gasteiger partial charge is 0.496 e. The number of hydrogen-bond donors (Lipinski definition) is 1. The van der Waals surface area contributed by atoms with Crippen molar-refractivity contribution < 1.29 is 9.15 Å². The van der Waals surface area contributed by atoms with Crippen molar-refractivity contribution in [2.24, 2.45) is 7.05 Å². The molecule has 0 saturated heterocycles. The van der Waals surface area contributed by atoms with E-state index in [4.69, 9.17) is 9.15 Å². The molecule has 0 fully saturated rings. The average molecular weight is 304 g/mol. The molecule has 0 aliphatic heterocycles. The molecule has 0 amide bonds. The predicted molar refractivity (Wildman–Crippen MR) is 83.2 cm³/mol. The molecule has 0 aliphatic carbocycles. The number of hydrogen-bond acceptors (Lipinski definition) is 5. The van der Waals surface area contributed by atoms with Crippen molar-refractivity contribution in [2.45, 2.75) is 6.04 Å². The Labute approximate surface area is 125 Å². The third-order valence-corrected chi connectivity index (χ3v) is 4.53. The smallest absolute Gasteiger partial charge is 0.419 e. The molecule has 1 aromatic carbocycles. The molecule has 3 rings (SSSR count). The molecule has 1 atom stereocenters. The van der Waals surface area contributed by atoms with Crippen molar-refractivity contribution in [3.8, 4) is 5.75 Å². The van der Waals surface area contributed by atoms with Crippen molar-refractivity contribution >= 4 is 22.4 Å². The predicted octanol–water partition coefficient (Wildman–Crippen LogP) is 2.51. The van der Waals surface area contributed by atoms with Crippen molar-refractivity contribution in [2.75, 3.05) is 14.2 Å². The van der Waals surface area contributed by atoms with E-state index < -0.39 is 0 Å². The fourth-order valence-corrected chi connectivity index (χ4v) is 3.39. The van der Waals surface area contributed by atoms with Gasteiger partial charge in [-0.05, 0) is 30.8 Å². The SMILES string of the molecule is CNC(c1ccc2c(c1)oc(=O)n2C)c1cc(OC)cs1. The van der Waals surface area contributed by atoms with Crippen LogP contribution in [-0.2, 0) is 7.05 Å². The highest BCUT2D eigenvalue weighted by molar-refractivity contribution is 7.10. The molecule has 0 spiro atoms. The monoisotopic (exact) mass is 304 g/mol. The van der Waals surface area contributed by atoms with Crippen LogP contribution in [0.4, 0.5) is 0 Å². The molecular formula is C15H16N2O3S. The molecule has 0 bridgehead atoms. The van der Waals surface area contributed by atoms with Gasteiger partial charge in [0.05, 0.1) is 18.7 Å². The van der Waals surface area contributed by atoms with Gasteiger partial charge >= 0.3 is 5.76 Å². The van der Waals surface area contributed by atoms with Crippen LogP contribution in [-0.4, -0.2) is 18.7 Å². The summed E-state index contributed by atoms with van der Waals surface area (Å²) in [5, 5.41) is 5.26. The molecule has 1 unspecified atom stereocenters. The third kappa shape index (κ3) is 2.36. The van der Waals surface area contributed by atoms with Gasteiger partial charge in [-0.2, -0.15) is 0 Å². The lowest BCUT2D eigenvalue weighted by Crippen LogP contribution is -2.16. The second-order valence-corrected chi connectivity index (χ2v) is 5.71. The first-order chi connectivity index (χ1) is 10.1. The first-order valence-electron chi connectivity index (χ1n) is 6.53. The highest BCUT2D eigenvalue weighted by atomic mass is 32.1. The highest BCUT2D eigenvalue weighted by Crippen LogP contribution is 2.31. The van der Waals surface area contributed by atoms with Crippen molar-refractivity contribution in [1.82, 2.24) is 9.88 Å². The molecule has 2 aromatic heterocycles. The van der Waals surface area contributed by atoms with E-state index in [1.165, 1.54) is 4.57 Å². The van der Waals surface area contributed by atoms with Crippen molar-refractivity contribution in [3.05, 3.63) is 50.6 Å². The minimum atomic E-state index is -0.346. The van der Waals surface area contributed by atoms with Crippen LogP contribution >= 0.6 is 11.3 Å². The quantitative estimate of drug-likeness (QED) is 0.804. The number of rotatable bonds is 4. The Morgan fingerprint density at radius 3 is 2.86 bits per heavy atom. The van der Waals surface area contributed by atoms with Crippen LogP contribution in [0.25, 0.3) is 11.1 Å². The summed E-state index contributed by atoms with van der Waals surface area (Å²) in [6.07, 6.45) is 0. The summed E-state index contributed by atoms with van der Waals surface area (Å²) in [7, 11) is 5.26. The molecule has 3 aromatic rings. The summed E-state index contributed by atoms with van der Waals surface area (Å²) in [6, 6.07) is 7.87. The number of aryl methyl sites for hydroxylation is 1. The van der Waals surface area contributed by atoms with Gasteiger partial charge in [-0.3, -0.25) is 4.57 Å². The number of aromatic nitrogens is 1. The van der Waals surface area contributed by atoms with Crippen molar-refractivity contribution in [3.63, 3.8) is 0 Å². The topological polar surface area (TPSA) is 56.4 Å². The summed E-state index contributed by atoms with van der Waals surface area (Å²) in [5.74, 6) is 0.503. The number of oxazole rings is 1. The molecule has 5 nitrogen and oxygen atoms in total. The van der Waals surface area contributed by atoms with Gasteiger partial charge in [-0.15, -0.1) is 11.3 Å². The zero-order valence-corrected chi connectivity index (χ0v) is 12.9. The molecule has 0 aliphatic rings. The van der Waals surface area contributed by atoms with E-state index in [1.54, 1.807) is 25.5 Å². The van der Waals surface area contributed by atoms with Gasteiger partial charge in [0.2, 0.25) is 0 Å². The molecule has 2 heterocycles. The number of fused-ring (bicyclic) bond motifs is 1. The van der Waals surface area contributed by atoms with Gasteiger partial charge in [-0.25, -0.2) is 4.79 Å². The van der Waals surface area contributed by atoms with E-state index in [-0.39, 0.29) is 11.8 Å². The fourth-order valence-electron chi connectivity index (χ4n) is 2.40. The number of nitrogens with zero attached hydrogens (tertiary/aromatic N) is 1. The minimum Gasteiger partial charge on any atom is -0.496 e. The molecule has 1 N–H and O–H groups in total. The van der Waals surface area contributed by atoms with Crippen LogP contribution in [0.5, 0.6) is 5.75 Å². The minimum absolute atomic E-state index is 0.0359. The molecular weight excluding hydrogens is 288 g/mol. The molecule has 0 saturated carbocycles. The fraction of sp³-hybridized carbons (Fsp3) is 0.267. The van der Waals surface area contributed by atoms with Crippen LogP contribution in [0.3, 0.4) is 0 Å². The highest BCUT2D eigenvalue weighted by Gasteiger charge is 2.16. The van der Waals surface area contributed by atoms with Crippen LogP contribution in [0, 0.1) is 0 Å². The average Bonchev–Trinajstić information content (AvgIpc) is 3.06. The normalized spacial score (nSPS) is 12.7. The van der Waals surface area contributed by atoms with Gasteiger partial charge in [0, 0.05) is 17.3 Å². The number of ether oxygens (including phenoxy) is 1. The molecule has 110 valence electrons. The maximum atomic E-state index is 11.6. The summed E-state index contributed by atoms with van der Waals surface area (Å²) >= 11 is 1.63. The summed E-state index contributed by atoms with van der Waals surface area (Å²) in [6.45, 7) is 0. The summed E-state index contributed by atoms with van der Waals surface area (Å²) in [5.41, 5.74) is 2.44. The number of thiophene rings is 1. The number of nitrogens with one attached hydrogen (secondary N) is 1. The number of methoxy groups -OCH3 is 1. The lowest BCUT2D eigenvalue weighted by molar-refractivity contribution is 0.416. The van der Waals surface area contributed by atoms with E-state index in [0.717, 1.165) is 21.7 Å². The number of benzene rings is 1. The van der Waals surface area contributed by atoms with Crippen LogP contribution < -0.4 is 15.8 Å².